The molecule has 0 bridgehead atoms. The maximum Gasteiger partial charge on any atom is 0.0582 e. The van der Waals surface area contributed by atoms with Crippen LogP contribution in [0.3, 0.4) is 0 Å². The predicted molar refractivity (Wildman–Crippen MR) is 78.3 cm³/mol. The lowest BCUT2D eigenvalue weighted by atomic mass is 9.79. The van der Waals surface area contributed by atoms with Crippen LogP contribution in [-0.2, 0) is 0 Å². The molecule has 1 nitrogen and oxygen atoms in total. The first-order valence-corrected chi connectivity index (χ1v) is 7.62. The molecule has 0 radical (unpaired) electrons. The molecule has 94 valence electrons. The lowest BCUT2D eigenvalue weighted by Gasteiger charge is -2.27. The Morgan fingerprint density at radius 2 is 2.11 bits per heavy atom. The predicted octanol–water partition coefficient (Wildman–Crippen LogP) is 4.32. The third-order valence-corrected chi connectivity index (χ3v) is 4.69. The minimum Gasteiger partial charge on any atom is -0.309 e. The second kappa shape index (κ2) is 5.25. The van der Waals surface area contributed by atoms with Crippen LogP contribution < -0.4 is 5.32 Å². The summed E-state index contributed by atoms with van der Waals surface area (Å²) in [4.78, 5) is 0. The molecule has 1 N–H and O–H groups in total. The molecular weight excluding hydrogens is 238 g/mol. The van der Waals surface area contributed by atoms with E-state index in [4.69, 9.17) is 0 Å². The maximum absolute atomic E-state index is 3.43. The minimum absolute atomic E-state index is 0.330. The molecule has 1 aliphatic rings. The number of hydrogen-bond donors (Lipinski definition) is 1. The van der Waals surface area contributed by atoms with Crippen molar-refractivity contribution in [2.75, 3.05) is 7.05 Å². The highest BCUT2D eigenvalue weighted by atomic mass is 32.1. The van der Waals surface area contributed by atoms with Crippen molar-refractivity contribution >= 4 is 11.3 Å². The average molecular weight is 257 g/mol. The van der Waals surface area contributed by atoms with Gasteiger partial charge in [0.25, 0.3) is 0 Å². The van der Waals surface area contributed by atoms with Gasteiger partial charge < -0.3 is 5.32 Å². The van der Waals surface area contributed by atoms with E-state index in [0.29, 0.717) is 6.04 Å². The Morgan fingerprint density at radius 1 is 1.22 bits per heavy atom. The highest BCUT2D eigenvalue weighted by Crippen LogP contribution is 2.37. The van der Waals surface area contributed by atoms with Crippen LogP contribution in [0.4, 0.5) is 0 Å². The standard InChI is InChI=1S/C16H19NS/c1-17-16(15-8-9-18-11-15)14-7-3-6-13(10-14)12-4-2-5-12/h3,6-12,16-17H,2,4-5H2,1H3. The number of benzene rings is 1. The first-order chi connectivity index (χ1) is 8.88. The van der Waals surface area contributed by atoms with E-state index in [1.165, 1.54) is 36.0 Å². The third kappa shape index (κ3) is 2.23. The van der Waals surface area contributed by atoms with Crippen LogP contribution in [0.2, 0.25) is 0 Å². The zero-order chi connectivity index (χ0) is 12.4. The number of thiophene rings is 1. The van der Waals surface area contributed by atoms with Gasteiger partial charge in [0.15, 0.2) is 0 Å². The van der Waals surface area contributed by atoms with Crippen LogP contribution in [-0.4, -0.2) is 7.05 Å². The van der Waals surface area contributed by atoms with Crippen molar-refractivity contribution in [1.82, 2.24) is 5.32 Å². The summed E-state index contributed by atoms with van der Waals surface area (Å²) in [5.41, 5.74) is 4.28. The molecule has 0 amide bonds. The fourth-order valence-electron chi connectivity index (χ4n) is 2.70. The van der Waals surface area contributed by atoms with E-state index in [1.54, 1.807) is 11.3 Å². The van der Waals surface area contributed by atoms with Gasteiger partial charge in [-0.15, -0.1) is 0 Å². The Balaban J connectivity index is 1.90. The number of nitrogens with one attached hydrogen (secondary N) is 1. The van der Waals surface area contributed by atoms with Crippen LogP contribution in [0.25, 0.3) is 0 Å². The first-order valence-electron chi connectivity index (χ1n) is 6.67. The van der Waals surface area contributed by atoms with E-state index < -0.39 is 0 Å². The third-order valence-electron chi connectivity index (χ3n) is 3.99. The largest absolute Gasteiger partial charge is 0.309 e. The summed E-state index contributed by atoms with van der Waals surface area (Å²) in [7, 11) is 2.04. The molecule has 3 rings (SSSR count). The molecule has 1 saturated carbocycles. The molecule has 1 aromatic carbocycles. The first kappa shape index (κ1) is 11.9. The van der Waals surface area contributed by atoms with E-state index in [0.717, 1.165) is 5.92 Å². The van der Waals surface area contributed by atoms with Gasteiger partial charge in [-0.2, -0.15) is 11.3 Å². The molecule has 1 heterocycles. The molecule has 1 unspecified atom stereocenters. The smallest absolute Gasteiger partial charge is 0.0582 e. The van der Waals surface area contributed by atoms with Crippen molar-refractivity contribution in [3.8, 4) is 0 Å². The molecular formula is C16H19NS. The van der Waals surface area contributed by atoms with Crippen LogP contribution in [0.5, 0.6) is 0 Å². The van der Waals surface area contributed by atoms with E-state index in [1.807, 2.05) is 7.05 Å². The van der Waals surface area contributed by atoms with Gasteiger partial charge in [0.1, 0.15) is 0 Å². The molecule has 0 aliphatic heterocycles. The van der Waals surface area contributed by atoms with Gasteiger partial charge in [0.05, 0.1) is 6.04 Å². The summed E-state index contributed by atoms with van der Waals surface area (Å²) >= 11 is 1.76. The van der Waals surface area contributed by atoms with Crippen molar-refractivity contribution in [3.05, 3.63) is 57.8 Å². The van der Waals surface area contributed by atoms with Crippen molar-refractivity contribution in [3.63, 3.8) is 0 Å². The quantitative estimate of drug-likeness (QED) is 0.860. The van der Waals surface area contributed by atoms with Gasteiger partial charge in [-0.3, -0.25) is 0 Å². The SMILES string of the molecule is CNC(c1ccsc1)c1cccc(C2CCC2)c1. The average Bonchev–Trinajstić information content (AvgIpc) is 2.82. The van der Waals surface area contributed by atoms with Crippen molar-refractivity contribution < 1.29 is 0 Å². The molecule has 18 heavy (non-hydrogen) atoms. The van der Waals surface area contributed by atoms with Gasteiger partial charge in [-0.05, 0) is 59.3 Å². The van der Waals surface area contributed by atoms with E-state index in [-0.39, 0.29) is 0 Å². The van der Waals surface area contributed by atoms with Gasteiger partial charge in [-0.25, -0.2) is 0 Å². The molecule has 1 aromatic heterocycles. The van der Waals surface area contributed by atoms with Crippen LogP contribution in [0.15, 0.2) is 41.1 Å². The summed E-state index contributed by atoms with van der Waals surface area (Å²) in [5.74, 6) is 0.810. The monoisotopic (exact) mass is 257 g/mol. The fourth-order valence-corrected chi connectivity index (χ4v) is 3.39. The Hall–Kier alpha value is -1.12. The van der Waals surface area contributed by atoms with Crippen molar-refractivity contribution in [2.24, 2.45) is 0 Å². The summed E-state index contributed by atoms with van der Waals surface area (Å²) in [6.45, 7) is 0. The van der Waals surface area contributed by atoms with Crippen molar-refractivity contribution in [1.29, 1.82) is 0 Å². The highest BCUT2D eigenvalue weighted by Gasteiger charge is 2.20. The lowest BCUT2D eigenvalue weighted by molar-refractivity contribution is 0.419. The van der Waals surface area contributed by atoms with Crippen LogP contribution in [0, 0.1) is 0 Å². The van der Waals surface area contributed by atoms with E-state index in [2.05, 4.69) is 46.4 Å². The second-order valence-corrected chi connectivity index (χ2v) is 5.86. The van der Waals surface area contributed by atoms with Crippen molar-refractivity contribution in [2.45, 2.75) is 31.2 Å². The zero-order valence-electron chi connectivity index (χ0n) is 10.7. The topological polar surface area (TPSA) is 12.0 Å². The lowest BCUT2D eigenvalue weighted by Crippen LogP contribution is -2.17. The Kier molecular flexibility index (Phi) is 3.48. The Bertz CT molecular complexity index is 500. The zero-order valence-corrected chi connectivity index (χ0v) is 11.5. The highest BCUT2D eigenvalue weighted by molar-refractivity contribution is 7.08. The number of hydrogen-bond acceptors (Lipinski definition) is 2. The second-order valence-electron chi connectivity index (χ2n) is 5.08. The van der Waals surface area contributed by atoms with E-state index >= 15 is 0 Å². The molecule has 0 saturated heterocycles. The molecule has 1 fully saturated rings. The van der Waals surface area contributed by atoms with Crippen LogP contribution in [0.1, 0.15) is 47.9 Å². The van der Waals surface area contributed by atoms with Crippen LogP contribution >= 0.6 is 11.3 Å². The summed E-state index contributed by atoms with van der Waals surface area (Å²) in [6, 6.07) is 11.7. The van der Waals surface area contributed by atoms with Gasteiger partial charge in [-0.1, -0.05) is 30.7 Å². The normalized spacial score (nSPS) is 17.4. The molecule has 2 heteroatoms. The summed E-state index contributed by atoms with van der Waals surface area (Å²) in [6.07, 6.45) is 4.13. The van der Waals surface area contributed by atoms with Gasteiger partial charge >= 0.3 is 0 Å². The Labute approximate surface area is 113 Å². The molecule has 0 spiro atoms. The van der Waals surface area contributed by atoms with Gasteiger partial charge in [0.2, 0.25) is 0 Å². The minimum atomic E-state index is 0.330. The molecule has 1 aliphatic carbocycles. The Morgan fingerprint density at radius 3 is 2.72 bits per heavy atom. The summed E-state index contributed by atoms with van der Waals surface area (Å²) < 4.78 is 0. The van der Waals surface area contributed by atoms with Gasteiger partial charge in [0, 0.05) is 0 Å². The number of rotatable bonds is 4. The fraction of sp³-hybridized carbons (Fsp3) is 0.375. The molecule has 1 atom stereocenters. The molecule has 2 aromatic rings. The maximum atomic E-state index is 3.43. The van der Waals surface area contributed by atoms with E-state index in [9.17, 15) is 0 Å². The summed E-state index contributed by atoms with van der Waals surface area (Å²) in [5, 5.41) is 7.81.